The smallest absolute Gasteiger partial charge is 0.296 e. The van der Waals surface area contributed by atoms with Crippen molar-refractivity contribution in [2.24, 2.45) is 0 Å². The average Bonchev–Trinajstić information content (AvgIpc) is 3.06. The second kappa shape index (κ2) is 9.20. The average molecular weight is 450 g/mol. The number of carbonyl (C=O) groups is 2. The van der Waals surface area contributed by atoms with Crippen LogP contribution in [0.5, 0.6) is 5.75 Å². The lowest BCUT2D eigenvalue weighted by Crippen LogP contribution is -2.29. The Bertz CT molecular complexity index is 1180. The Morgan fingerprint density at radius 3 is 2.50 bits per heavy atom. The molecule has 0 radical (unpaired) electrons. The number of ether oxygens (including phenoxy) is 1. The molecule has 0 aliphatic carbocycles. The van der Waals surface area contributed by atoms with E-state index in [1.807, 2.05) is 6.92 Å². The molecule has 0 saturated carbocycles. The second-order valence-corrected chi connectivity index (χ2v) is 7.49. The summed E-state index contributed by atoms with van der Waals surface area (Å²) < 4.78 is 5.50. The molecule has 1 fully saturated rings. The summed E-state index contributed by atoms with van der Waals surface area (Å²) in [7, 11) is 0. The van der Waals surface area contributed by atoms with E-state index in [9.17, 15) is 14.7 Å². The molecule has 1 amide bonds. The van der Waals surface area contributed by atoms with Crippen molar-refractivity contribution >= 4 is 29.1 Å². The van der Waals surface area contributed by atoms with Gasteiger partial charge in [0.05, 0.1) is 35.1 Å². The number of likely N-dealkylation sites (tertiary alicyclic amines) is 1. The number of rotatable bonds is 6. The molecule has 1 saturated heterocycles. The summed E-state index contributed by atoms with van der Waals surface area (Å²) in [6.07, 6.45) is 3.19. The van der Waals surface area contributed by atoms with Crippen LogP contribution >= 0.6 is 11.6 Å². The number of aromatic nitrogens is 2. The molecule has 2 aromatic heterocycles. The summed E-state index contributed by atoms with van der Waals surface area (Å²) in [6, 6.07) is 14.4. The highest BCUT2D eigenvalue weighted by Crippen LogP contribution is 2.40. The van der Waals surface area contributed by atoms with Gasteiger partial charge in [-0.3, -0.25) is 19.6 Å². The number of ketones is 1. The standard InChI is InChI=1S/C24H20ClN3O4/c1-2-32-19-13-15(9-10-17(19)25)22(29)20-21(18-8-4-6-12-27-18)28(24(31)23(20)30)14-16-7-3-5-11-26-16/h3-13,21,29H,2,14H2,1H3/b22-20-. The van der Waals surface area contributed by atoms with Crippen molar-refractivity contribution in [3.05, 3.63) is 94.5 Å². The van der Waals surface area contributed by atoms with E-state index in [-0.39, 0.29) is 17.9 Å². The summed E-state index contributed by atoms with van der Waals surface area (Å²) in [5, 5.41) is 11.5. The minimum atomic E-state index is -0.871. The summed E-state index contributed by atoms with van der Waals surface area (Å²) in [6.45, 7) is 2.29. The minimum Gasteiger partial charge on any atom is -0.507 e. The van der Waals surface area contributed by atoms with Gasteiger partial charge in [-0.05, 0) is 49.4 Å². The summed E-state index contributed by atoms with van der Waals surface area (Å²) >= 11 is 6.16. The third-order valence-electron chi connectivity index (χ3n) is 5.07. The fourth-order valence-electron chi connectivity index (χ4n) is 3.63. The number of hydrogen-bond donors (Lipinski definition) is 1. The van der Waals surface area contributed by atoms with Gasteiger partial charge in [-0.15, -0.1) is 0 Å². The number of nitrogens with zero attached hydrogens (tertiary/aromatic N) is 3. The zero-order valence-electron chi connectivity index (χ0n) is 17.2. The molecule has 7 nitrogen and oxygen atoms in total. The number of halogens is 1. The third kappa shape index (κ3) is 4.07. The summed E-state index contributed by atoms with van der Waals surface area (Å²) in [5.74, 6) is -1.47. The minimum absolute atomic E-state index is 0.0468. The number of pyridine rings is 2. The van der Waals surface area contributed by atoms with Gasteiger partial charge < -0.3 is 14.7 Å². The molecule has 32 heavy (non-hydrogen) atoms. The van der Waals surface area contributed by atoms with Crippen molar-refractivity contribution in [2.45, 2.75) is 19.5 Å². The van der Waals surface area contributed by atoms with Crippen LogP contribution in [0.4, 0.5) is 0 Å². The lowest BCUT2D eigenvalue weighted by molar-refractivity contribution is -0.140. The predicted octanol–water partition coefficient (Wildman–Crippen LogP) is 4.15. The van der Waals surface area contributed by atoms with Crippen LogP contribution in [0.3, 0.4) is 0 Å². The maximum absolute atomic E-state index is 13.1. The van der Waals surface area contributed by atoms with Gasteiger partial charge in [0.25, 0.3) is 11.7 Å². The highest BCUT2D eigenvalue weighted by Gasteiger charge is 2.46. The SMILES string of the molecule is CCOc1cc(/C(O)=C2/C(=O)C(=O)N(Cc3ccccn3)C2c2ccccn2)ccc1Cl. The number of Topliss-reactive ketones (excluding diaryl/α,β-unsaturated/α-hetero) is 1. The van der Waals surface area contributed by atoms with Crippen LogP contribution in [-0.4, -0.2) is 38.3 Å². The fraction of sp³-hybridized carbons (Fsp3) is 0.167. The first-order valence-corrected chi connectivity index (χ1v) is 10.4. The lowest BCUT2D eigenvalue weighted by Gasteiger charge is -2.24. The quantitative estimate of drug-likeness (QED) is 0.345. The molecule has 1 aliphatic heterocycles. The van der Waals surface area contributed by atoms with Crippen molar-refractivity contribution in [3.63, 3.8) is 0 Å². The molecule has 1 aliphatic rings. The number of aliphatic hydroxyl groups is 1. The molecule has 8 heteroatoms. The highest BCUT2D eigenvalue weighted by molar-refractivity contribution is 6.46. The molecule has 0 bridgehead atoms. The lowest BCUT2D eigenvalue weighted by atomic mass is 9.98. The van der Waals surface area contributed by atoms with E-state index in [0.717, 1.165) is 0 Å². The van der Waals surface area contributed by atoms with Crippen molar-refractivity contribution in [1.82, 2.24) is 14.9 Å². The fourth-order valence-corrected chi connectivity index (χ4v) is 3.80. The molecular weight excluding hydrogens is 430 g/mol. The number of aliphatic hydroxyl groups excluding tert-OH is 1. The van der Waals surface area contributed by atoms with Gasteiger partial charge in [0.15, 0.2) is 0 Å². The molecule has 1 aromatic carbocycles. The largest absolute Gasteiger partial charge is 0.507 e. The van der Waals surface area contributed by atoms with Gasteiger partial charge in [0.1, 0.15) is 17.6 Å². The van der Waals surface area contributed by atoms with E-state index in [4.69, 9.17) is 16.3 Å². The number of carbonyl (C=O) groups excluding carboxylic acids is 2. The molecule has 3 heterocycles. The Balaban J connectivity index is 1.85. The third-order valence-corrected chi connectivity index (χ3v) is 5.38. The van der Waals surface area contributed by atoms with Crippen LogP contribution in [0, 0.1) is 0 Å². The molecule has 162 valence electrons. The van der Waals surface area contributed by atoms with Crippen LogP contribution in [0.2, 0.25) is 5.02 Å². The Morgan fingerprint density at radius 1 is 1.09 bits per heavy atom. The first-order valence-electron chi connectivity index (χ1n) is 10.0. The first kappa shape index (κ1) is 21.5. The van der Waals surface area contributed by atoms with Gasteiger partial charge in [-0.25, -0.2) is 0 Å². The normalized spacial score (nSPS) is 17.6. The summed E-state index contributed by atoms with van der Waals surface area (Å²) in [4.78, 5) is 36.0. The monoisotopic (exact) mass is 449 g/mol. The van der Waals surface area contributed by atoms with E-state index in [2.05, 4.69) is 9.97 Å². The zero-order chi connectivity index (χ0) is 22.7. The van der Waals surface area contributed by atoms with E-state index in [1.54, 1.807) is 67.0 Å². The van der Waals surface area contributed by atoms with Crippen LogP contribution in [0.1, 0.15) is 29.9 Å². The Kier molecular flexibility index (Phi) is 6.18. The van der Waals surface area contributed by atoms with Gasteiger partial charge in [0.2, 0.25) is 0 Å². The molecule has 1 N–H and O–H groups in total. The molecule has 1 atom stereocenters. The van der Waals surface area contributed by atoms with Crippen LogP contribution in [0.25, 0.3) is 5.76 Å². The van der Waals surface area contributed by atoms with Gasteiger partial charge in [0, 0.05) is 18.0 Å². The maximum atomic E-state index is 13.1. The van der Waals surface area contributed by atoms with Gasteiger partial charge in [-0.2, -0.15) is 0 Å². The molecule has 1 unspecified atom stereocenters. The van der Waals surface area contributed by atoms with Crippen LogP contribution < -0.4 is 4.74 Å². The van der Waals surface area contributed by atoms with E-state index in [1.165, 1.54) is 4.90 Å². The first-order chi connectivity index (χ1) is 15.5. The van der Waals surface area contributed by atoms with E-state index in [0.29, 0.717) is 34.3 Å². The van der Waals surface area contributed by atoms with Crippen molar-refractivity contribution in [2.75, 3.05) is 6.61 Å². The Labute approximate surface area is 190 Å². The summed E-state index contributed by atoms with van der Waals surface area (Å²) in [5.41, 5.74) is 1.34. The van der Waals surface area contributed by atoms with Crippen molar-refractivity contribution < 1.29 is 19.4 Å². The van der Waals surface area contributed by atoms with Crippen LogP contribution in [-0.2, 0) is 16.1 Å². The van der Waals surface area contributed by atoms with E-state index >= 15 is 0 Å². The van der Waals surface area contributed by atoms with Gasteiger partial charge >= 0.3 is 0 Å². The molecule has 0 spiro atoms. The van der Waals surface area contributed by atoms with Crippen molar-refractivity contribution in [3.8, 4) is 5.75 Å². The Hall–Kier alpha value is -3.71. The van der Waals surface area contributed by atoms with Crippen LogP contribution in [0.15, 0.2) is 72.6 Å². The van der Waals surface area contributed by atoms with E-state index < -0.39 is 17.7 Å². The topological polar surface area (TPSA) is 92.6 Å². The highest BCUT2D eigenvalue weighted by atomic mass is 35.5. The zero-order valence-corrected chi connectivity index (χ0v) is 18.0. The number of benzene rings is 1. The molecular formula is C24H20ClN3O4. The second-order valence-electron chi connectivity index (χ2n) is 7.08. The van der Waals surface area contributed by atoms with Crippen molar-refractivity contribution in [1.29, 1.82) is 0 Å². The molecule has 4 rings (SSSR count). The Morgan fingerprint density at radius 2 is 1.84 bits per heavy atom. The molecule has 3 aromatic rings. The number of amides is 1. The predicted molar refractivity (Wildman–Crippen MR) is 119 cm³/mol. The number of hydrogen-bond acceptors (Lipinski definition) is 6. The maximum Gasteiger partial charge on any atom is 0.296 e. The van der Waals surface area contributed by atoms with Gasteiger partial charge in [-0.1, -0.05) is 23.7 Å².